The molecule has 0 unspecified atom stereocenters. The van der Waals surface area contributed by atoms with Crippen LogP contribution in [0.3, 0.4) is 0 Å². The van der Waals surface area contributed by atoms with Crippen molar-refractivity contribution < 1.29 is 52.3 Å². The zero-order valence-corrected chi connectivity index (χ0v) is 5.64. The van der Waals surface area contributed by atoms with Gasteiger partial charge in [-0.15, -0.1) is 0 Å². The molecule has 0 aliphatic carbocycles. The molecule has 0 saturated carbocycles. The fourth-order valence-corrected chi connectivity index (χ4v) is 0. The third-order valence-electron chi connectivity index (χ3n) is 0. The first-order valence-corrected chi connectivity index (χ1v) is 1.60. The second kappa shape index (κ2) is 44.6. The summed E-state index contributed by atoms with van der Waals surface area (Å²) in [7, 11) is 3.71. The zero-order chi connectivity index (χ0) is 2.00. The van der Waals surface area contributed by atoms with Gasteiger partial charge >= 0.3 is 24.5 Å². The van der Waals surface area contributed by atoms with Gasteiger partial charge in [0.05, 0.1) is 0 Å². The van der Waals surface area contributed by atoms with Crippen molar-refractivity contribution in [3.8, 4) is 0 Å². The van der Waals surface area contributed by atoms with Crippen LogP contribution >= 0.6 is 10.7 Å². The van der Waals surface area contributed by atoms with Crippen molar-refractivity contribution in [1.29, 1.82) is 0 Å². The van der Waals surface area contributed by atoms with Crippen molar-refractivity contribution >= 4 is 10.7 Å². The Labute approximate surface area is 62.7 Å². The Balaban J connectivity index is -0.00000000167. The van der Waals surface area contributed by atoms with E-state index in [4.69, 9.17) is 0 Å². The van der Waals surface area contributed by atoms with E-state index in [9.17, 15) is 0 Å². The van der Waals surface area contributed by atoms with Crippen molar-refractivity contribution in [2.75, 3.05) is 0 Å². The van der Waals surface area contributed by atoms with E-state index in [2.05, 4.69) is 24.5 Å². The van der Waals surface area contributed by atoms with Gasteiger partial charge in [0.25, 0.3) is 0 Å². The molecular formula is H2Ni3OS. The summed E-state index contributed by atoms with van der Waals surface area (Å²) in [6.45, 7) is 0. The van der Waals surface area contributed by atoms with Crippen LogP contribution in [0.4, 0.5) is 0 Å². The minimum atomic E-state index is 0. The van der Waals surface area contributed by atoms with Crippen molar-refractivity contribution in [1.82, 2.24) is 0 Å². The topological polar surface area (TPSA) is 31.5 Å². The van der Waals surface area contributed by atoms with E-state index in [1.807, 2.05) is 0 Å². The summed E-state index contributed by atoms with van der Waals surface area (Å²) >= 11 is 3.46. The fraction of sp³-hybridized carbons (Fsp3) is 0. The van der Waals surface area contributed by atoms with Crippen LogP contribution < -0.4 is 0 Å². The molecule has 0 spiro atoms. The van der Waals surface area contributed by atoms with E-state index in [0.29, 0.717) is 0 Å². The summed E-state index contributed by atoms with van der Waals surface area (Å²) < 4.78 is 0. The van der Waals surface area contributed by atoms with Gasteiger partial charge in [-0.05, 0) is 0 Å². The molecule has 0 aliphatic rings. The first kappa shape index (κ1) is 30.2. The van der Waals surface area contributed by atoms with Crippen molar-refractivity contribution in [2.24, 2.45) is 0 Å². The van der Waals surface area contributed by atoms with Crippen LogP contribution in [0.1, 0.15) is 0 Å². The van der Waals surface area contributed by atoms with Crippen molar-refractivity contribution in [3.63, 3.8) is 0 Å². The number of hydrogen-bond acceptors (Lipinski definition) is 1. The minimum absolute atomic E-state index is 0. The van der Waals surface area contributed by atoms with E-state index in [0.717, 1.165) is 0 Å². The van der Waals surface area contributed by atoms with E-state index in [1.165, 1.54) is 0 Å². The first-order valence-electron chi connectivity index (χ1n) is 0.129. The molecule has 0 aliphatic heterocycles. The van der Waals surface area contributed by atoms with Gasteiger partial charge < -0.3 is 5.48 Å². The average molecular weight is 226 g/mol. The van der Waals surface area contributed by atoms with Gasteiger partial charge in [0.1, 0.15) is 0 Å². The third kappa shape index (κ3) is 27.5. The third-order valence-corrected chi connectivity index (χ3v) is 0. The summed E-state index contributed by atoms with van der Waals surface area (Å²) in [6.07, 6.45) is 0. The molecule has 44 valence electrons. The molecule has 0 rings (SSSR count). The molecule has 0 atom stereocenters. The van der Waals surface area contributed by atoms with Crippen LogP contribution in [0.25, 0.3) is 0 Å². The van der Waals surface area contributed by atoms with Gasteiger partial charge in [-0.1, -0.05) is 0 Å². The Bertz CT molecular complexity index is 6.85. The summed E-state index contributed by atoms with van der Waals surface area (Å²) in [4.78, 5) is 0. The van der Waals surface area contributed by atoms with E-state index in [-0.39, 0.29) is 38.5 Å². The quantitative estimate of drug-likeness (QED) is 0.527. The van der Waals surface area contributed by atoms with Gasteiger partial charge in [-0.3, -0.25) is 0 Å². The molecular weight excluding hydrogens is 224 g/mol. The second-order valence-corrected chi connectivity index (χ2v) is 0. The van der Waals surface area contributed by atoms with Crippen LogP contribution in [0.15, 0.2) is 0 Å². The van der Waals surface area contributed by atoms with Gasteiger partial charge in [-0.25, -0.2) is 0 Å². The van der Waals surface area contributed by atoms with Crippen LogP contribution in [0, 0.1) is 0 Å². The number of rotatable bonds is 0. The van der Waals surface area contributed by atoms with Crippen LogP contribution in [0.5, 0.6) is 0 Å². The molecule has 2 N–H and O–H groups in total. The molecule has 0 saturated heterocycles. The fourth-order valence-electron chi connectivity index (χ4n) is 0. The maximum atomic E-state index is 3.71. The second-order valence-electron chi connectivity index (χ2n) is 0. The molecule has 0 bridgehead atoms. The van der Waals surface area contributed by atoms with E-state index in [1.54, 1.807) is 0 Å². The molecule has 0 radical (unpaired) electrons. The molecule has 0 aromatic heterocycles. The van der Waals surface area contributed by atoms with Crippen molar-refractivity contribution in [3.05, 3.63) is 0 Å². The van der Waals surface area contributed by atoms with Gasteiger partial charge in [0.2, 0.25) is 0 Å². The molecule has 0 amide bonds. The van der Waals surface area contributed by atoms with Gasteiger partial charge in [-0.2, -0.15) is 0 Å². The van der Waals surface area contributed by atoms with E-state index < -0.39 is 0 Å². The van der Waals surface area contributed by atoms with Crippen LogP contribution in [0.2, 0.25) is 0 Å². The maximum absolute atomic E-state index is 3.71. The first-order chi connectivity index (χ1) is 1.00. The normalized spacial score (nSPS) is 1.20. The predicted molar refractivity (Wildman–Crippen MR) is 11.2 cm³/mol. The molecule has 5 heavy (non-hydrogen) atoms. The predicted octanol–water partition coefficient (Wildman–Crippen LogP) is -0.184. The average Bonchev–Trinajstić information content (AvgIpc) is 1.00. The molecule has 0 aromatic rings. The van der Waals surface area contributed by atoms with Crippen molar-refractivity contribution in [2.45, 2.75) is 0 Å². The Morgan fingerprint density at radius 3 is 1.00 bits per heavy atom. The monoisotopic (exact) mass is 224 g/mol. The Kier molecular flexibility index (Phi) is 269. The molecule has 0 aromatic carbocycles. The molecule has 5 heteroatoms. The number of hydrogen-bond donors (Lipinski definition) is 0. The Morgan fingerprint density at radius 1 is 1.00 bits per heavy atom. The van der Waals surface area contributed by atoms with Gasteiger partial charge in [0.15, 0.2) is 0 Å². The Morgan fingerprint density at radius 2 is 1.00 bits per heavy atom. The molecule has 1 nitrogen and oxygen atoms in total. The molecule has 0 fully saturated rings. The van der Waals surface area contributed by atoms with Crippen LogP contribution in [-0.2, 0) is 46.8 Å². The zero-order valence-electron chi connectivity index (χ0n) is 1.86. The van der Waals surface area contributed by atoms with Crippen LogP contribution in [-0.4, -0.2) is 5.48 Å². The standard InChI is InChI=1S/3Ni.H2O.S/h;;;1H2;. The summed E-state index contributed by atoms with van der Waals surface area (Å²) in [5, 5.41) is 0. The van der Waals surface area contributed by atoms with Gasteiger partial charge in [0, 0.05) is 33.0 Å². The Hall–Kier alpha value is 1.66. The summed E-state index contributed by atoms with van der Waals surface area (Å²) in [5.41, 5.74) is 0. The van der Waals surface area contributed by atoms with E-state index >= 15 is 0 Å². The summed E-state index contributed by atoms with van der Waals surface area (Å²) in [5.74, 6) is 0. The summed E-state index contributed by atoms with van der Waals surface area (Å²) in [6, 6.07) is 0. The molecule has 0 heterocycles. The SMILES string of the molecule is O.[Ni].[Ni].[S]=[Ni].